The number of amides is 2. The van der Waals surface area contributed by atoms with Gasteiger partial charge >= 0.3 is 0 Å². The molecule has 0 fully saturated rings. The van der Waals surface area contributed by atoms with Crippen molar-refractivity contribution in [1.82, 2.24) is 9.80 Å². The maximum absolute atomic E-state index is 14.7. The van der Waals surface area contributed by atoms with Gasteiger partial charge in [-0.25, -0.2) is 0 Å². The number of carbonyl (C=O) groups is 2. The Kier molecular flexibility index (Phi) is 17.3. The van der Waals surface area contributed by atoms with Crippen LogP contribution in [0.3, 0.4) is 0 Å². The van der Waals surface area contributed by atoms with Crippen molar-refractivity contribution in [3.63, 3.8) is 0 Å². The highest BCUT2D eigenvalue weighted by atomic mass is 32.1. The van der Waals surface area contributed by atoms with Gasteiger partial charge in [-0.15, -0.1) is 68.0 Å². The predicted molar refractivity (Wildman–Crippen MR) is 293 cm³/mol. The number of nitrogens with zero attached hydrogens (tertiary/aromatic N) is 2. The number of carbonyl (C=O) groups excluding carboxylic acids is 2. The zero-order chi connectivity index (χ0) is 46.2. The molecule has 0 bridgehead atoms. The molecule has 8 heterocycles. The molecule has 350 valence electrons. The van der Waals surface area contributed by atoms with E-state index in [1.165, 1.54) is 151 Å². The Balaban J connectivity index is 1.15. The molecule has 0 aromatic carbocycles. The van der Waals surface area contributed by atoms with Crippen LogP contribution in [0, 0.1) is 0 Å². The molecule has 0 saturated carbocycles. The van der Waals surface area contributed by atoms with Gasteiger partial charge in [0.15, 0.2) is 0 Å². The summed E-state index contributed by atoms with van der Waals surface area (Å²) in [6.07, 6.45) is 23.9. The minimum atomic E-state index is -0.0864. The van der Waals surface area contributed by atoms with E-state index in [9.17, 15) is 9.59 Å². The number of rotatable bonds is 26. The fourth-order valence-corrected chi connectivity index (χ4v) is 16.7. The first-order valence-electron chi connectivity index (χ1n) is 24.9. The van der Waals surface area contributed by atoms with Crippen molar-refractivity contribution in [2.24, 2.45) is 0 Å². The lowest BCUT2D eigenvalue weighted by molar-refractivity contribution is -0.123. The van der Waals surface area contributed by atoms with E-state index in [1.54, 1.807) is 32.5 Å². The van der Waals surface area contributed by atoms with E-state index in [4.69, 9.17) is 0 Å². The molecule has 0 atom stereocenters. The van der Waals surface area contributed by atoms with Crippen LogP contribution >= 0.6 is 68.0 Å². The first-order valence-corrected chi connectivity index (χ1v) is 29.9. The van der Waals surface area contributed by atoms with E-state index < -0.39 is 0 Å². The molecule has 2 aliphatic heterocycles. The molecular formula is C56H68N2O2S6. The van der Waals surface area contributed by atoms with Crippen molar-refractivity contribution in [2.45, 2.75) is 156 Å². The third-order valence-electron chi connectivity index (χ3n) is 13.3. The van der Waals surface area contributed by atoms with Crippen LogP contribution in [0.5, 0.6) is 0 Å². The second-order valence-corrected chi connectivity index (χ2v) is 24.3. The van der Waals surface area contributed by atoms with E-state index in [0.717, 1.165) is 59.7 Å². The Bertz CT molecular complexity index is 2470. The molecule has 2 amide bonds. The SMILES string of the molecule is CCCCCCc1ccsc1-c1ccc(-c2sc(C3=C4C(=O)N(C)C(c5cc(CCCCCC)c(-c6ccc(-c7sccc7CCCCCC)s6)s5)=C4C(=O)N3C)cc2CCCCCC)s1. The maximum Gasteiger partial charge on any atom is 0.261 e. The minimum Gasteiger partial charge on any atom is -0.309 e. The van der Waals surface area contributed by atoms with Crippen LogP contribution in [0.25, 0.3) is 50.4 Å². The number of thiophene rings is 6. The molecule has 4 nitrogen and oxygen atoms in total. The molecule has 66 heavy (non-hydrogen) atoms. The number of unbranched alkanes of at least 4 members (excludes halogenated alkanes) is 12. The number of hydrogen-bond acceptors (Lipinski definition) is 8. The van der Waals surface area contributed by atoms with Crippen LogP contribution in [0.15, 0.2) is 70.4 Å². The summed E-state index contributed by atoms with van der Waals surface area (Å²) >= 11 is 11.0. The number of aryl methyl sites for hydroxylation is 4. The molecule has 0 saturated heterocycles. The van der Waals surface area contributed by atoms with Crippen molar-refractivity contribution in [2.75, 3.05) is 14.1 Å². The Morgan fingerprint density at radius 2 is 0.712 bits per heavy atom. The zero-order valence-corrected chi connectivity index (χ0v) is 45.0. The Morgan fingerprint density at radius 1 is 0.379 bits per heavy atom. The van der Waals surface area contributed by atoms with Gasteiger partial charge < -0.3 is 9.80 Å². The second kappa shape index (κ2) is 23.3. The maximum atomic E-state index is 14.7. The molecule has 0 unspecified atom stereocenters. The first-order chi connectivity index (χ1) is 32.3. The van der Waals surface area contributed by atoms with E-state index >= 15 is 0 Å². The Labute approximate surface area is 419 Å². The van der Waals surface area contributed by atoms with Crippen LogP contribution in [0.1, 0.15) is 162 Å². The second-order valence-electron chi connectivity index (χ2n) is 18.2. The normalized spacial score (nSPS) is 14.1. The standard InChI is InChI=1S/C56H68N2O2S6/c1-7-11-15-19-23-37-31-33-61-51(37)41-27-29-43(63-41)53-39(25-21-17-13-9-3)35-45(65-53)49-47-48(56(60)57(49)5)50(58(6)55(47)59)46-36-40(26-22-18-14-10-4)54(66-46)44-30-28-42(64-44)52-38(32-34-62-52)24-20-16-12-8-2/h27-36H,7-26H2,1-6H3. The fraction of sp³-hybridized carbons (Fsp3) is 0.464. The highest BCUT2D eigenvalue weighted by molar-refractivity contribution is 7.27. The van der Waals surface area contributed by atoms with Crippen LogP contribution < -0.4 is 0 Å². The summed E-state index contributed by atoms with van der Waals surface area (Å²) in [5.41, 5.74) is 8.24. The third-order valence-corrected chi connectivity index (χ3v) is 20.5. The highest BCUT2D eigenvalue weighted by Gasteiger charge is 2.47. The lowest BCUT2D eigenvalue weighted by atomic mass is 10.0. The van der Waals surface area contributed by atoms with Crippen molar-refractivity contribution in [1.29, 1.82) is 0 Å². The summed E-state index contributed by atoms with van der Waals surface area (Å²) in [4.78, 5) is 45.5. The van der Waals surface area contributed by atoms with Gasteiger partial charge in [0.25, 0.3) is 11.8 Å². The molecule has 0 aliphatic carbocycles. The smallest absolute Gasteiger partial charge is 0.261 e. The van der Waals surface area contributed by atoms with Crippen molar-refractivity contribution < 1.29 is 9.59 Å². The van der Waals surface area contributed by atoms with Crippen molar-refractivity contribution in [3.05, 3.63) is 102 Å². The summed E-state index contributed by atoms with van der Waals surface area (Å²) in [6.45, 7) is 9.08. The van der Waals surface area contributed by atoms with Gasteiger partial charge in [-0.1, -0.05) is 105 Å². The number of hydrogen-bond donors (Lipinski definition) is 0. The summed E-state index contributed by atoms with van der Waals surface area (Å²) < 4.78 is 0. The van der Waals surface area contributed by atoms with E-state index in [2.05, 4.69) is 87.0 Å². The highest BCUT2D eigenvalue weighted by Crippen LogP contribution is 2.52. The van der Waals surface area contributed by atoms with Crippen LogP contribution in [-0.2, 0) is 35.3 Å². The van der Waals surface area contributed by atoms with Crippen LogP contribution in [0.4, 0.5) is 0 Å². The molecule has 0 radical (unpaired) electrons. The molecule has 2 aliphatic rings. The molecule has 6 aromatic rings. The predicted octanol–water partition coefficient (Wildman–Crippen LogP) is 18.3. The lowest BCUT2D eigenvalue weighted by Gasteiger charge is -2.18. The summed E-state index contributed by atoms with van der Waals surface area (Å²) in [6, 6.07) is 18.5. The van der Waals surface area contributed by atoms with Gasteiger partial charge in [0.1, 0.15) is 0 Å². The van der Waals surface area contributed by atoms with Crippen molar-refractivity contribution in [3.8, 4) is 39.0 Å². The molecule has 10 heteroatoms. The van der Waals surface area contributed by atoms with Crippen LogP contribution in [0.2, 0.25) is 0 Å². The first kappa shape index (κ1) is 49.1. The van der Waals surface area contributed by atoms with Gasteiger partial charge in [0.2, 0.25) is 0 Å². The average Bonchev–Trinajstić information content (AvgIpc) is 4.18. The number of likely N-dealkylation sites (N-methyl/N-ethyl adjacent to an activating group) is 2. The molecule has 6 aromatic heterocycles. The molecular weight excluding hydrogens is 925 g/mol. The quantitative estimate of drug-likeness (QED) is 0.0508. The van der Waals surface area contributed by atoms with E-state index in [0.29, 0.717) is 11.1 Å². The molecule has 8 rings (SSSR count). The monoisotopic (exact) mass is 992 g/mol. The van der Waals surface area contributed by atoms with Gasteiger partial charge in [-0.05, 0) is 133 Å². The van der Waals surface area contributed by atoms with E-state index in [1.807, 2.05) is 59.4 Å². The molecule has 0 spiro atoms. The van der Waals surface area contributed by atoms with Gasteiger partial charge in [-0.2, -0.15) is 0 Å². The minimum absolute atomic E-state index is 0.0864. The topological polar surface area (TPSA) is 40.6 Å². The Hall–Kier alpha value is -3.38. The molecule has 0 N–H and O–H groups in total. The summed E-state index contributed by atoms with van der Waals surface area (Å²) in [5, 5.41) is 4.51. The third kappa shape index (κ3) is 10.6. The van der Waals surface area contributed by atoms with E-state index in [-0.39, 0.29) is 11.8 Å². The van der Waals surface area contributed by atoms with Gasteiger partial charge in [0, 0.05) is 53.1 Å². The Morgan fingerprint density at radius 3 is 1.06 bits per heavy atom. The summed E-state index contributed by atoms with van der Waals surface area (Å²) in [5.74, 6) is -0.173. The number of fused-ring (bicyclic) bond motifs is 1. The summed E-state index contributed by atoms with van der Waals surface area (Å²) in [7, 11) is 3.75. The fourth-order valence-electron chi connectivity index (χ4n) is 9.61. The van der Waals surface area contributed by atoms with Crippen molar-refractivity contribution >= 4 is 91.2 Å². The average molecular weight is 994 g/mol. The van der Waals surface area contributed by atoms with Gasteiger partial charge in [-0.3, -0.25) is 9.59 Å². The van der Waals surface area contributed by atoms with Gasteiger partial charge in [0.05, 0.1) is 32.3 Å². The van der Waals surface area contributed by atoms with Crippen LogP contribution in [-0.4, -0.2) is 35.7 Å². The lowest BCUT2D eigenvalue weighted by Crippen LogP contribution is -2.24. The zero-order valence-electron chi connectivity index (χ0n) is 40.1. The largest absolute Gasteiger partial charge is 0.309 e.